The zero-order chi connectivity index (χ0) is 17.4. The molecule has 0 aliphatic carbocycles. The SMILES string of the molecule is CN=C(NCCC(C)c1ccc(OC)cc1)NCc1ncnn1C. The third-order valence-corrected chi connectivity index (χ3v) is 4.00. The monoisotopic (exact) mass is 330 g/mol. The third kappa shape index (κ3) is 4.97. The second kappa shape index (κ2) is 8.90. The number of aromatic nitrogens is 3. The molecule has 1 aromatic carbocycles. The number of hydrogen-bond acceptors (Lipinski definition) is 4. The summed E-state index contributed by atoms with van der Waals surface area (Å²) in [4.78, 5) is 8.41. The molecular weight excluding hydrogens is 304 g/mol. The zero-order valence-corrected chi connectivity index (χ0v) is 14.8. The van der Waals surface area contributed by atoms with Crippen molar-refractivity contribution in [2.45, 2.75) is 25.8 Å². The highest BCUT2D eigenvalue weighted by molar-refractivity contribution is 5.79. The van der Waals surface area contributed by atoms with E-state index in [0.717, 1.165) is 30.5 Å². The second-order valence-corrected chi connectivity index (χ2v) is 5.62. The van der Waals surface area contributed by atoms with Crippen molar-refractivity contribution in [1.29, 1.82) is 0 Å². The molecule has 2 N–H and O–H groups in total. The molecule has 1 atom stereocenters. The van der Waals surface area contributed by atoms with E-state index in [1.54, 1.807) is 25.2 Å². The maximum Gasteiger partial charge on any atom is 0.191 e. The molecule has 2 rings (SSSR count). The summed E-state index contributed by atoms with van der Waals surface area (Å²) in [6.07, 6.45) is 2.56. The highest BCUT2D eigenvalue weighted by Crippen LogP contribution is 2.21. The summed E-state index contributed by atoms with van der Waals surface area (Å²) in [6, 6.07) is 8.23. The average molecular weight is 330 g/mol. The van der Waals surface area contributed by atoms with Gasteiger partial charge in [-0.25, -0.2) is 4.98 Å². The van der Waals surface area contributed by atoms with E-state index in [1.165, 1.54) is 5.56 Å². The Morgan fingerprint density at radius 3 is 2.62 bits per heavy atom. The van der Waals surface area contributed by atoms with E-state index >= 15 is 0 Å². The molecule has 0 aliphatic heterocycles. The van der Waals surface area contributed by atoms with Gasteiger partial charge in [0.15, 0.2) is 5.96 Å². The number of hydrogen-bond donors (Lipinski definition) is 2. The molecule has 0 fully saturated rings. The van der Waals surface area contributed by atoms with Gasteiger partial charge in [0.2, 0.25) is 0 Å². The van der Waals surface area contributed by atoms with Gasteiger partial charge >= 0.3 is 0 Å². The Kier molecular flexibility index (Phi) is 6.60. The minimum absolute atomic E-state index is 0.459. The van der Waals surface area contributed by atoms with Crippen LogP contribution in [0.15, 0.2) is 35.6 Å². The topological polar surface area (TPSA) is 76.4 Å². The van der Waals surface area contributed by atoms with E-state index in [1.807, 2.05) is 19.2 Å². The van der Waals surface area contributed by atoms with Crippen LogP contribution in [0.3, 0.4) is 0 Å². The summed E-state index contributed by atoms with van der Waals surface area (Å²) in [5.74, 6) is 2.97. The van der Waals surface area contributed by atoms with Gasteiger partial charge in [-0.15, -0.1) is 0 Å². The first kappa shape index (κ1) is 17.8. The molecule has 1 unspecified atom stereocenters. The minimum atomic E-state index is 0.459. The molecule has 0 aliphatic rings. The summed E-state index contributed by atoms with van der Waals surface area (Å²) >= 11 is 0. The number of methoxy groups -OCH3 is 1. The molecular formula is C17H26N6O. The molecule has 0 amide bonds. The molecule has 7 heteroatoms. The molecule has 1 heterocycles. The second-order valence-electron chi connectivity index (χ2n) is 5.62. The Morgan fingerprint density at radius 2 is 2.04 bits per heavy atom. The molecule has 0 radical (unpaired) electrons. The zero-order valence-electron chi connectivity index (χ0n) is 14.8. The quantitative estimate of drug-likeness (QED) is 0.597. The molecule has 0 saturated carbocycles. The van der Waals surface area contributed by atoms with Crippen LogP contribution in [-0.4, -0.2) is 41.4 Å². The average Bonchev–Trinajstić information content (AvgIpc) is 3.02. The lowest BCUT2D eigenvalue weighted by atomic mass is 9.98. The Balaban J connectivity index is 1.75. The van der Waals surface area contributed by atoms with Crippen molar-refractivity contribution in [2.75, 3.05) is 20.7 Å². The fourth-order valence-corrected chi connectivity index (χ4v) is 2.37. The summed E-state index contributed by atoms with van der Waals surface area (Å²) in [5.41, 5.74) is 1.31. The van der Waals surface area contributed by atoms with Gasteiger partial charge in [0.1, 0.15) is 17.9 Å². The molecule has 130 valence electrons. The van der Waals surface area contributed by atoms with Crippen molar-refractivity contribution < 1.29 is 4.74 Å². The van der Waals surface area contributed by atoms with Gasteiger partial charge in [0.05, 0.1) is 13.7 Å². The summed E-state index contributed by atoms with van der Waals surface area (Å²) in [5, 5.41) is 10.6. The van der Waals surface area contributed by atoms with Crippen molar-refractivity contribution in [1.82, 2.24) is 25.4 Å². The molecule has 1 aromatic heterocycles. The number of rotatable bonds is 7. The smallest absolute Gasteiger partial charge is 0.191 e. The van der Waals surface area contributed by atoms with Gasteiger partial charge in [-0.2, -0.15) is 5.10 Å². The van der Waals surface area contributed by atoms with Crippen molar-refractivity contribution >= 4 is 5.96 Å². The lowest BCUT2D eigenvalue weighted by Gasteiger charge is -2.15. The van der Waals surface area contributed by atoms with E-state index in [-0.39, 0.29) is 0 Å². The van der Waals surface area contributed by atoms with E-state index in [2.05, 4.69) is 44.8 Å². The van der Waals surface area contributed by atoms with Gasteiger partial charge < -0.3 is 15.4 Å². The fraction of sp³-hybridized carbons (Fsp3) is 0.471. The Labute approximate surface area is 143 Å². The predicted molar refractivity (Wildman–Crippen MR) is 95.2 cm³/mol. The number of nitrogens with one attached hydrogen (secondary N) is 2. The van der Waals surface area contributed by atoms with Crippen LogP contribution in [0.2, 0.25) is 0 Å². The molecule has 0 spiro atoms. The van der Waals surface area contributed by atoms with Gasteiger partial charge in [-0.05, 0) is 30.0 Å². The maximum atomic E-state index is 5.19. The molecule has 0 bridgehead atoms. The minimum Gasteiger partial charge on any atom is -0.497 e. The molecule has 2 aromatic rings. The van der Waals surface area contributed by atoms with E-state index in [4.69, 9.17) is 4.74 Å². The van der Waals surface area contributed by atoms with Gasteiger partial charge in [0, 0.05) is 20.6 Å². The summed E-state index contributed by atoms with van der Waals surface area (Å²) in [6.45, 7) is 3.65. The van der Waals surface area contributed by atoms with Gasteiger partial charge in [-0.1, -0.05) is 19.1 Å². The lowest BCUT2D eigenvalue weighted by molar-refractivity contribution is 0.414. The van der Waals surface area contributed by atoms with Crippen molar-refractivity contribution in [3.63, 3.8) is 0 Å². The van der Waals surface area contributed by atoms with Crippen LogP contribution >= 0.6 is 0 Å². The molecule has 7 nitrogen and oxygen atoms in total. The van der Waals surface area contributed by atoms with E-state index < -0.39 is 0 Å². The maximum absolute atomic E-state index is 5.19. The van der Waals surface area contributed by atoms with Crippen molar-refractivity contribution in [3.05, 3.63) is 42.0 Å². The van der Waals surface area contributed by atoms with Crippen molar-refractivity contribution in [3.8, 4) is 5.75 Å². The number of benzene rings is 1. The molecule has 24 heavy (non-hydrogen) atoms. The first-order chi connectivity index (χ1) is 11.6. The largest absolute Gasteiger partial charge is 0.497 e. The fourth-order valence-electron chi connectivity index (χ4n) is 2.37. The highest BCUT2D eigenvalue weighted by atomic mass is 16.5. The lowest BCUT2D eigenvalue weighted by Crippen LogP contribution is -2.38. The van der Waals surface area contributed by atoms with E-state index in [9.17, 15) is 0 Å². The van der Waals surface area contributed by atoms with Gasteiger partial charge in [-0.3, -0.25) is 9.67 Å². The Bertz CT molecular complexity index is 649. The van der Waals surface area contributed by atoms with Crippen LogP contribution in [0.25, 0.3) is 0 Å². The Hall–Kier alpha value is -2.57. The number of nitrogens with zero attached hydrogens (tertiary/aromatic N) is 4. The Morgan fingerprint density at radius 1 is 1.29 bits per heavy atom. The number of aryl methyl sites for hydroxylation is 1. The van der Waals surface area contributed by atoms with Gasteiger partial charge in [0.25, 0.3) is 0 Å². The summed E-state index contributed by atoms with van der Waals surface area (Å²) < 4.78 is 6.94. The first-order valence-electron chi connectivity index (χ1n) is 8.05. The predicted octanol–water partition coefficient (Wildman–Crippen LogP) is 1.68. The third-order valence-electron chi connectivity index (χ3n) is 4.00. The van der Waals surface area contributed by atoms with Crippen LogP contribution in [0.1, 0.15) is 30.7 Å². The number of ether oxygens (including phenoxy) is 1. The standard InChI is InChI=1S/C17H26N6O/c1-13(14-5-7-15(24-4)8-6-14)9-10-19-17(18-2)20-11-16-21-12-22-23(16)3/h5-8,12-13H,9-11H2,1-4H3,(H2,18,19,20). The first-order valence-corrected chi connectivity index (χ1v) is 8.05. The van der Waals surface area contributed by atoms with E-state index in [0.29, 0.717) is 12.5 Å². The van der Waals surface area contributed by atoms with Crippen LogP contribution in [0.4, 0.5) is 0 Å². The number of guanidine groups is 1. The van der Waals surface area contributed by atoms with Crippen LogP contribution in [0, 0.1) is 0 Å². The van der Waals surface area contributed by atoms with Crippen LogP contribution in [0.5, 0.6) is 5.75 Å². The highest BCUT2D eigenvalue weighted by Gasteiger charge is 2.07. The molecule has 0 saturated heterocycles. The van der Waals surface area contributed by atoms with Crippen LogP contribution < -0.4 is 15.4 Å². The van der Waals surface area contributed by atoms with Crippen LogP contribution in [-0.2, 0) is 13.6 Å². The summed E-state index contributed by atoms with van der Waals surface area (Å²) in [7, 11) is 5.32. The number of aliphatic imine (C=N–C) groups is 1. The normalized spacial score (nSPS) is 12.8. The van der Waals surface area contributed by atoms with Crippen molar-refractivity contribution in [2.24, 2.45) is 12.0 Å².